The van der Waals surface area contributed by atoms with Crippen LogP contribution in [0.3, 0.4) is 0 Å². The van der Waals surface area contributed by atoms with Crippen LogP contribution in [0.15, 0.2) is 249 Å². The summed E-state index contributed by atoms with van der Waals surface area (Å²) in [5, 5.41) is 8.92. The molecule has 1 fully saturated rings. The third-order valence-corrected chi connectivity index (χ3v) is 38.4. The second-order valence-electron chi connectivity index (χ2n) is 25.4. The van der Waals surface area contributed by atoms with Crippen molar-refractivity contribution in [2.75, 3.05) is 29.9 Å². The highest BCUT2D eigenvalue weighted by Crippen LogP contribution is 2.81. The third-order valence-electron chi connectivity index (χ3n) is 19.4. The van der Waals surface area contributed by atoms with Gasteiger partial charge in [0.15, 0.2) is 0 Å². The number of nitrogens with zero attached hydrogens (tertiary/aromatic N) is 3. The SMILES string of the molecule is CCCCN(P(c1ccc(C)cc1)c1ccc(Cc2ccc3c(c2)-c2ccccc2P(c2ccccc2)N3P2[C@H](c3ccccc3)C(c3ccc(C)c(P(c4ccccc4C)N(CCCC)P4CC=C[C@H]4CC)c3)C[C@H]2c2ccccc2)cc1)P1CC=C[C@H]1CC. The molecule has 0 radical (unpaired) electrons. The van der Waals surface area contributed by atoms with Gasteiger partial charge in [0.05, 0.1) is 13.8 Å². The van der Waals surface area contributed by atoms with Crippen molar-refractivity contribution in [3.8, 4) is 11.1 Å². The molecule has 9 aromatic rings. The predicted molar refractivity (Wildman–Crippen MR) is 408 cm³/mol. The summed E-state index contributed by atoms with van der Waals surface area (Å²) in [5.41, 5.74) is 17.3. The molecule has 13 rings (SSSR count). The van der Waals surface area contributed by atoms with Gasteiger partial charge in [-0.15, -0.1) is 0 Å². The summed E-state index contributed by atoms with van der Waals surface area (Å²) in [4.78, 5) is 0. The van der Waals surface area contributed by atoms with Crippen LogP contribution in [0.5, 0.6) is 0 Å². The van der Waals surface area contributed by atoms with Crippen molar-refractivity contribution < 1.29 is 0 Å². The zero-order valence-electron chi connectivity index (χ0n) is 54.6. The van der Waals surface area contributed by atoms with Gasteiger partial charge in [0.1, 0.15) is 0 Å². The molecule has 0 aliphatic carbocycles. The molecule has 0 bridgehead atoms. The van der Waals surface area contributed by atoms with Crippen LogP contribution in [0, 0.1) is 20.8 Å². The van der Waals surface area contributed by atoms with E-state index in [1.165, 1.54) is 139 Å². The van der Waals surface area contributed by atoms with Crippen molar-refractivity contribution in [1.29, 1.82) is 0 Å². The summed E-state index contributed by atoms with van der Waals surface area (Å²) < 4.78 is 9.18. The molecule has 0 saturated carbocycles. The Morgan fingerprint density at radius 1 is 0.484 bits per heavy atom. The second kappa shape index (κ2) is 30.0. The fourth-order valence-corrected chi connectivity index (χ4v) is 35.6. The second-order valence-corrected chi connectivity index (χ2v) is 39.7. The summed E-state index contributed by atoms with van der Waals surface area (Å²) in [5.74, 6) is 0.281. The molecule has 4 heterocycles. The van der Waals surface area contributed by atoms with E-state index < -0.39 is 32.3 Å². The molecule has 91 heavy (non-hydrogen) atoms. The summed E-state index contributed by atoms with van der Waals surface area (Å²) in [7, 11) is -4.15. The van der Waals surface area contributed by atoms with E-state index in [4.69, 9.17) is 0 Å². The first kappa shape index (κ1) is 64.5. The van der Waals surface area contributed by atoms with Crippen molar-refractivity contribution in [3.63, 3.8) is 0 Å². The highest BCUT2D eigenvalue weighted by atomic mass is 31.2. The largest absolute Gasteiger partial charge is 0.319 e. The van der Waals surface area contributed by atoms with E-state index in [0.29, 0.717) is 17.0 Å². The minimum atomic E-state index is -1.00. The minimum absolute atomic E-state index is 0.248. The van der Waals surface area contributed by atoms with Crippen LogP contribution < -0.4 is 36.3 Å². The van der Waals surface area contributed by atoms with Crippen molar-refractivity contribution in [3.05, 3.63) is 293 Å². The lowest BCUT2D eigenvalue weighted by Gasteiger charge is -2.48. The Morgan fingerprint density at radius 2 is 1.04 bits per heavy atom. The van der Waals surface area contributed by atoms with Crippen molar-refractivity contribution in [2.24, 2.45) is 0 Å². The Hall–Kier alpha value is -5.24. The summed E-state index contributed by atoms with van der Waals surface area (Å²) in [6.45, 7) is 18.9. The molecular formula is C82H91N3P6. The zero-order chi connectivity index (χ0) is 62.4. The van der Waals surface area contributed by atoms with Crippen molar-refractivity contribution in [1.82, 2.24) is 8.88 Å². The average molecular weight is 1300 g/mol. The van der Waals surface area contributed by atoms with Gasteiger partial charge < -0.3 is 4.44 Å². The molecule has 0 amide bonds. The van der Waals surface area contributed by atoms with E-state index in [-0.39, 0.29) is 27.7 Å². The summed E-state index contributed by atoms with van der Waals surface area (Å²) >= 11 is 0. The van der Waals surface area contributed by atoms with Gasteiger partial charge in [-0.3, -0.25) is 8.88 Å². The van der Waals surface area contributed by atoms with Gasteiger partial charge in [-0.05, 0) is 178 Å². The van der Waals surface area contributed by atoms with E-state index in [0.717, 1.165) is 25.9 Å². The maximum absolute atomic E-state index is 3.09. The zero-order valence-corrected chi connectivity index (χ0v) is 59.9. The number of allylic oxidation sites excluding steroid dienone is 4. The Morgan fingerprint density at radius 3 is 1.68 bits per heavy atom. The van der Waals surface area contributed by atoms with Crippen LogP contribution in [0.2, 0.25) is 0 Å². The van der Waals surface area contributed by atoms with Gasteiger partial charge in [-0.1, -0.05) is 277 Å². The number of aryl methyl sites for hydroxylation is 3. The number of fused-ring (bicyclic) bond motifs is 3. The van der Waals surface area contributed by atoms with Crippen molar-refractivity contribution >= 4 is 85.9 Å². The number of benzene rings is 9. The molecule has 0 aromatic heterocycles. The van der Waals surface area contributed by atoms with E-state index in [2.05, 4.69) is 311 Å². The van der Waals surface area contributed by atoms with Crippen LogP contribution >= 0.6 is 48.4 Å². The average Bonchev–Trinajstić information content (AvgIpc) is 1.71. The van der Waals surface area contributed by atoms with Crippen LogP contribution in [0.1, 0.15) is 134 Å². The van der Waals surface area contributed by atoms with Gasteiger partial charge >= 0.3 is 0 Å². The lowest BCUT2D eigenvalue weighted by Crippen LogP contribution is -2.31. The van der Waals surface area contributed by atoms with Crippen LogP contribution in [0.4, 0.5) is 5.69 Å². The lowest BCUT2D eigenvalue weighted by molar-refractivity contribution is 0.635. The molecule has 0 N–H and O–H groups in total. The fraction of sp³-hybridized carbons (Fsp3) is 0.293. The molecule has 9 aromatic carbocycles. The van der Waals surface area contributed by atoms with Crippen LogP contribution in [-0.4, -0.2) is 45.6 Å². The standard InChI is InChI=1S/C82H91N3P6/c1-8-12-53-83(86-55-27-36-69(86)10-3)88(72-48-41-61(5)42-49-72)73-50-44-64(45-51-73)57-65-46-52-77-76(58-65)74-38-24-26-40-79(74)89(71-34-21-16-22-35-71)85(77)91-81(66-30-17-14-18-31-66)60-75(82(91)67-32-19-15-20-33-67)68-47-43-63(7)80(59-68)90(78-39-25-23-29-62(78)6)84(54-13-9-2)87-56-28-37-70(87)11-4/h14-52,58-59,69-70,75,81-82H,8-13,53-57,60H2,1-7H3/t69-,70-,75?,81+,82-,86?,87?,88?,89?,90?,91?/m1/s1. The number of anilines is 1. The van der Waals surface area contributed by atoms with Gasteiger partial charge in [-0.2, -0.15) is 0 Å². The number of unbranched alkanes of at least 4 members (excludes halogenated alkanes) is 2. The maximum Gasteiger partial charge on any atom is 0.0591 e. The molecule has 11 atom stereocenters. The van der Waals surface area contributed by atoms with Gasteiger partial charge in [0.2, 0.25) is 0 Å². The number of rotatable bonds is 23. The van der Waals surface area contributed by atoms with Gasteiger partial charge in [0.25, 0.3) is 0 Å². The summed E-state index contributed by atoms with van der Waals surface area (Å²) in [6.07, 6.45) is 21.7. The normalized spacial score (nSPS) is 22.4. The first-order valence-electron chi connectivity index (χ1n) is 33.8. The first-order chi connectivity index (χ1) is 44.7. The summed E-state index contributed by atoms with van der Waals surface area (Å²) in [6, 6.07) is 89.3. The minimum Gasteiger partial charge on any atom is -0.319 e. The van der Waals surface area contributed by atoms with Crippen LogP contribution in [-0.2, 0) is 6.42 Å². The third kappa shape index (κ3) is 13.6. The van der Waals surface area contributed by atoms with Gasteiger partial charge in [0, 0.05) is 76.1 Å². The molecule has 4 aliphatic heterocycles. The Balaban J connectivity index is 0.935. The predicted octanol–water partition coefficient (Wildman–Crippen LogP) is 21.5. The van der Waals surface area contributed by atoms with Crippen LogP contribution in [0.25, 0.3) is 11.1 Å². The molecule has 9 heteroatoms. The quantitative estimate of drug-likeness (QED) is 0.0467. The molecule has 0 spiro atoms. The number of hydrogen-bond acceptors (Lipinski definition) is 3. The molecular weight excluding hydrogens is 1210 g/mol. The fourth-order valence-electron chi connectivity index (χ4n) is 14.6. The Labute approximate surface area is 553 Å². The molecule has 7 unspecified atom stereocenters. The first-order valence-corrected chi connectivity index (χ1v) is 42.3. The number of hydrogen-bond donors (Lipinski definition) is 0. The maximum atomic E-state index is 3.09. The lowest BCUT2D eigenvalue weighted by atomic mass is 9.86. The molecule has 3 nitrogen and oxygen atoms in total. The highest BCUT2D eigenvalue weighted by Gasteiger charge is 2.52. The Kier molecular flexibility index (Phi) is 21.3. The van der Waals surface area contributed by atoms with E-state index in [9.17, 15) is 0 Å². The highest BCUT2D eigenvalue weighted by molar-refractivity contribution is 7.86. The molecule has 4 aliphatic rings. The topological polar surface area (TPSA) is 9.72 Å². The van der Waals surface area contributed by atoms with E-state index in [1.54, 1.807) is 5.30 Å². The molecule has 464 valence electrons. The van der Waals surface area contributed by atoms with E-state index >= 15 is 0 Å². The Bertz CT molecular complexity index is 3930. The van der Waals surface area contributed by atoms with Gasteiger partial charge in [-0.25, -0.2) is 0 Å². The molecule has 1 saturated heterocycles. The monoisotopic (exact) mass is 1300 g/mol. The van der Waals surface area contributed by atoms with Crippen molar-refractivity contribution in [2.45, 2.75) is 128 Å². The van der Waals surface area contributed by atoms with E-state index in [1.807, 2.05) is 0 Å². The smallest absolute Gasteiger partial charge is 0.0591 e.